The lowest BCUT2D eigenvalue weighted by Gasteiger charge is -2.19. The molecule has 0 aliphatic rings. The maximum Gasteiger partial charge on any atom is 0.246 e. The smallest absolute Gasteiger partial charge is 0.246 e. The summed E-state index contributed by atoms with van der Waals surface area (Å²) in [5.41, 5.74) is 2.15. The Morgan fingerprint density at radius 2 is 1.58 bits per heavy atom. The van der Waals surface area contributed by atoms with Crippen LogP contribution in [0.5, 0.6) is 11.5 Å². The number of ether oxygens (including phenoxy) is 2. The van der Waals surface area contributed by atoms with Crippen LogP contribution in [0, 0.1) is 0 Å². The molecule has 2 rings (SSSR count). The molecule has 0 saturated heterocycles. The number of hydrogen-bond acceptors (Lipinski definition) is 4. The molecule has 0 unspecified atom stereocenters. The highest BCUT2D eigenvalue weighted by molar-refractivity contribution is 7.89. The Labute approximate surface area is 143 Å². The molecule has 6 heteroatoms. The lowest BCUT2D eigenvalue weighted by Crippen LogP contribution is -2.27. The lowest BCUT2D eigenvalue weighted by molar-refractivity contribution is 0.388. The monoisotopic (exact) mass is 349 g/mol. The molecule has 0 aliphatic carbocycles. The highest BCUT2D eigenvalue weighted by Crippen LogP contribution is 2.30. The predicted octanol–water partition coefficient (Wildman–Crippen LogP) is 3.09. The van der Waals surface area contributed by atoms with Crippen molar-refractivity contribution in [1.82, 2.24) is 4.31 Å². The van der Waals surface area contributed by atoms with Crippen molar-refractivity contribution >= 4 is 10.0 Å². The first-order valence-electron chi connectivity index (χ1n) is 7.68. The van der Waals surface area contributed by atoms with Crippen LogP contribution in [0.1, 0.15) is 18.1 Å². The van der Waals surface area contributed by atoms with Gasteiger partial charge in [0.2, 0.25) is 10.0 Å². The van der Waals surface area contributed by atoms with Crippen molar-refractivity contribution in [3.63, 3.8) is 0 Å². The van der Waals surface area contributed by atoms with E-state index in [2.05, 4.69) is 6.92 Å². The second-order valence-corrected chi connectivity index (χ2v) is 7.46. The van der Waals surface area contributed by atoms with E-state index in [0.717, 1.165) is 12.0 Å². The van der Waals surface area contributed by atoms with Gasteiger partial charge in [-0.1, -0.05) is 31.2 Å². The van der Waals surface area contributed by atoms with Gasteiger partial charge >= 0.3 is 0 Å². The minimum Gasteiger partial charge on any atom is -0.497 e. The van der Waals surface area contributed by atoms with Gasteiger partial charge in [0.25, 0.3) is 0 Å². The fraction of sp³-hybridized carbons (Fsp3) is 0.333. The molecular formula is C18H23NO4S. The summed E-state index contributed by atoms with van der Waals surface area (Å²) in [5.74, 6) is 0.763. The summed E-state index contributed by atoms with van der Waals surface area (Å²) in [7, 11) is 0.804. The number of rotatable bonds is 7. The summed E-state index contributed by atoms with van der Waals surface area (Å²) in [5, 5.41) is 0. The normalized spacial score (nSPS) is 11.5. The van der Waals surface area contributed by atoms with Crippen molar-refractivity contribution in [2.45, 2.75) is 24.8 Å². The van der Waals surface area contributed by atoms with E-state index in [-0.39, 0.29) is 11.4 Å². The lowest BCUT2D eigenvalue weighted by atomic mass is 10.1. The molecule has 0 aliphatic heterocycles. The van der Waals surface area contributed by atoms with Gasteiger partial charge in [-0.2, -0.15) is 4.31 Å². The van der Waals surface area contributed by atoms with E-state index in [9.17, 15) is 8.42 Å². The fourth-order valence-electron chi connectivity index (χ4n) is 2.38. The molecule has 0 saturated carbocycles. The summed E-state index contributed by atoms with van der Waals surface area (Å²) < 4.78 is 37.4. The molecule has 0 aromatic heterocycles. The standard InChI is InChI=1S/C18H23NO4S/c1-5-14-6-8-15(9-7-14)13-19(2)24(20,21)18-12-16(22-3)10-11-17(18)23-4/h6-12H,5,13H2,1-4H3. The van der Waals surface area contributed by atoms with E-state index in [1.807, 2.05) is 24.3 Å². The Hall–Kier alpha value is -2.05. The molecule has 0 amide bonds. The number of sulfonamides is 1. The van der Waals surface area contributed by atoms with Crippen LogP contribution < -0.4 is 9.47 Å². The summed E-state index contributed by atoms with van der Waals surface area (Å²) in [6.07, 6.45) is 0.954. The first-order valence-corrected chi connectivity index (χ1v) is 9.12. The average Bonchev–Trinajstić information content (AvgIpc) is 2.61. The molecule has 2 aromatic carbocycles. The Morgan fingerprint density at radius 3 is 2.12 bits per heavy atom. The van der Waals surface area contributed by atoms with Crippen LogP contribution in [0.3, 0.4) is 0 Å². The molecular weight excluding hydrogens is 326 g/mol. The third-order valence-electron chi connectivity index (χ3n) is 3.90. The number of hydrogen-bond donors (Lipinski definition) is 0. The van der Waals surface area contributed by atoms with Crippen molar-refractivity contribution in [1.29, 1.82) is 0 Å². The van der Waals surface area contributed by atoms with Gasteiger partial charge in [0, 0.05) is 19.7 Å². The Balaban J connectivity index is 2.31. The topological polar surface area (TPSA) is 55.8 Å². The van der Waals surface area contributed by atoms with Crippen molar-refractivity contribution in [3.8, 4) is 11.5 Å². The van der Waals surface area contributed by atoms with Crippen molar-refractivity contribution in [2.75, 3.05) is 21.3 Å². The maximum absolute atomic E-state index is 12.9. The number of aryl methyl sites for hydroxylation is 1. The Morgan fingerprint density at radius 1 is 0.958 bits per heavy atom. The van der Waals surface area contributed by atoms with Crippen LogP contribution in [0.25, 0.3) is 0 Å². The van der Waals surface area contributed by atoms with Gasteiger partial charge in [-0.3, -0.25) is 0 Å². The van der Waals surface area contributed by atoms with E-state index < -0.39 is 10.0 Å². The van der Waals surface area contributed by atoms with Crippen LogP contribution in [-0.2, 0) is 23.0 Å². The molecule has 0 heterocycles. The first kappa shape index (κ1) is 18.3. The van der Waals surface area contributed by atoms with Gasteiger partial charge < -0.3 is 9.47 Å². The van der Waals surface area contributed by atoms with E-state index in [4.69, 9.17) is 9.47 Å². The van der Waals surface area contributed by atoms with Crippen molar-refractivity contribution in [3.05, 3.63) is 53.6 Å². The molecule has 0 atom stereocenters. The minimum absolute atomic E-state index is 0.0945. The highest BCUT2D eigenvalue weighted by Gasteiger charge is 2.25. The minimum atomic E-state index is -3.70. The number of nitrogens with zero attached hydrogens (tertiary/aromatic N) is 1. The molecule has 5 nitrogen and oxygen atoms in total. The quantitative estimate of drug-likeness (QED) is 0.771. The highest BCUT2D eigenvalue weighted by atomic mass is 32.2. The zero-order chi connectivity index (χ0) is 17.7. The van der Waals surface area contributed by atoms with Gasteiger partial charge in [0.1, 0.15) is 16.4 Å². The average molecular weight is 349 g/mol. The van der Waals surface area contributed by atoms with Gasteiger partial charge in [-0.15, -0.1) is 0 Å². The van der Waals surface area contributed by atoms with Gasteiger partial charge in [0.15, 0.2) is 0 Å². The SMILES string of the molecule is CCc1ccc(CN(C)S(=O)(=O)c2cc(OC)ccc2OC)cc1. The Bertz CT molecular complexity index is 785. The fourth-order valence-corrected chi connectivity index (χ4v) is 3.70. The molecule has 130 valence electrons. The molecule has 0 bridgehead atoms. The molecule has 24 heavy (non-hydrogen) atoms. The molecule has 0 fully saturated rings. The molecule has 0 N–H and O–H groups in total. The van der Waals surface area contributed by atoms with Crippen LogP contribution >= 0.6 is 0 Å². The zero-order valence-electron chi connectivity index (χ0n) is 14.4. The summed E-state index contributed by atoms with van der Waals surface area (Å²) in [4.78, 5) is 0.0945. The Kier molecular flexibility index (Phi) is 5.85. The zero-order valence-corrected chi connectivity index (χ0v) is 15.3. The second kappa shape index (κ2) is 7.68. The van der Waals surface area contributed by atoms with E-state index in [1.54, 1.807) is 19.2 Å². The van der Waals surface area contributed by atoms with Crippen molar-refractivity contribution < 1.29 is 17.9 Å². The van der Waals surface area contributed by atoms with E-state index in [1.165, 1.54) is 30.2 Å². The molecule has 2 aromatic rings. The third kappa shape index (κ3) is 3.88. The molecule has 0 spiro atoms. The van der Waals surface area contributed by atoms with Crippen LogP contribution in [0.15, 0.2) is 47.4 Å². The van der Waals surface area contributed by atoms with Crippen LogP contribution in [0.4, 0.5) is 0 Å². The third-order valence-corrected chi connectivity index (χ3v) is 5.72. The van der Waals surface area contributed by atoms with Gasteiger partial charge in [-0.05, 0) is 29.7 Å². The summed E-state index contributed by atoms with van der Waals surface area (Å²) in [6.45, 7) is 2.37. The predicted molar refractivity (Wildman–Crippen MR) is 94.0 cm³/mol. The maximum atomic E-state index is 12.9. The van der Waals surface area contributed by atoms with E-state index in [0.29, 0.717) is 11.5 Å². The summed E-state index contributed by atoms with van der Waals surface area (Å²) in [6, 6.07) is 12.7. The number of methoxy groups -OCH3 is 2. The van der Waals surface area contributed by atoms with Crippen LogP contribution in [-0.4, -0.2) is 34.0 Å². The van der Waals surface area contributed by atoms with Crippen LogP contribution in [0.2, 0.25) is 0 Å². The van der Waals surface area contributed by atoms with Crippen molar-refractivity contribution in [2.24, 2.45) is 0 Å². The van der Waals surface area contributed by atoms with Gasteiger partial charge in [0.05, 0.1) is 14.2 Å². The largest absolute Gasteiger partial charge is 0.497 e. The summed E-state index contributed by atoms with van der Waals surface area (Å²) >= 11 is 0. The van der Waals surface area contributed by atoms with E-state index >= 15 is 0 Å². The molecule has 0 radical (unpaired) electrons. The second-order valence-electron chi connectivity index (χ2n) is 5.45. The first-order chi connectivity index (χ1) is 11.4. The van der Waals surface area contributed by atoms with Gasteiger partial charge in [-0.25, -0.2) is 8.42 Å². The number of benzene rings is 2.